The van der Waals surface area contributed by atoms with Gasteiger partial charge >= 0.3 is 30.8 Å². The Labute approximate surface area is 88.1 Å². The summed E-state index contributed by atoms with van der Waals surface area (Å²) >= 11 is 0. The molecule has 16 heavy (non-hydrogen) atoms. The third kappa shape index (κ3) is 8.54. The second kappa shape index (κ2) is 5.36. The molecule has 2 unspecified atom stereocenters. The fourth-order valence-electron chi connectivity index (χ4n) is 0.418. The average molecular weight is 302 g/mol. The van der Waals surface area contributed by atoms with Crippen molar-refractivity contribution in [3.8, 4) is 0 Å². The Bertz CT molecular complexity index is 362. The highest BCUT2D eigenvalue weighted by atomic mass is 31.3. The van der Waals surface area contributed by atoms with E-state index in [-0.39, 0.29) is 0 Å². The lowest BCUT2D eigenvalue weighted by atomic mass is 10.3. The lowest BCUT2D eigenvalue weighted by Crippen LogP contribution is -2.15. The van der Waals surface area contributed by atoms with Crippen molar-refractivity contribution in [2.75, 3.05) is 0 Å². The van der Waals surface area contributed by atoms with Crippen molar-refractivity contribution in [2.45, 2.75) is 0 Å². The number of rotatable bonds is 6. The second-order valence-electron chi connectivity index (χ2n) is 2.02. The molecule has 0 radical (unpaired) electrons. The van der Waals surface area contributed by atoms with Crippen molar-refractivity contribution < 1.29 is 56.4 Å². The Morgan fingerprint density at radius 3 is 1.56 bits per heavy atom. The number of phosphoric acid groups is 3. The van der Waals surface area contributed by atoms with Gasteiger partial charge in [-0.15, -0.1) is 0 Å². The molecule has 0 aromatic carbocycles. The number of hydrogen-bond acceptors (Lipinski definition) is 8. The van der Waals surface area contributed by atoms with Crippen LogP contribution in [0.2, 0.25) is 0 Å². The van der Waals surface area contributed by atoms with Crippen LogP contribution in [-0.4, -0.2) is 36.9 Å². The predicted octanol–water partition coefficient (Wildman–Crippen LogP) is -1.70. The lowest BCUT2D eigenvalue weighted by molar-refractivity contribution is 0.189. The zero-order valence-corrected chi connectivity index (χ0v) is 9.74. The maximum Gasteiger partial charge on any atom is 0.642 e. The molecule has 0 aliphatic rings. The zero-order valence-electron chi connectivity index (χ0n) is 7.05. The van der Waals surface area contributed by atoms with E-state index in [0.717, 1.165) is 0 Å². The third-order valence-electron chi connectivity index (χ3n) is 0.643. The van der Waals surface area contributed by atoms with E-state index in [1.165, 1.54) is 0 Å². The van der Waals surface area contributed by atoms with Gasteiger partial charge in [0.25, 0.3) is 0 Å². The zero-order chi connectivity index (χ0) is 13.2. The van der Waals surface area contributed by atoms with Crippen molar-refractivity contribution in [1.29, 1.82) is 0 Å². The third-order valence-corrected chi connectivity index (χ3v) is 4.43. The molecular formula is H6BO12P3. The van der Waals surface area contributed by atoms with Crippen LogP contribution in [0.25, 0.3) is 0 Å². The van der Waals surface area contributed by atoms with E-state index in [4.69, 9.17) is 29.6 Å². The van der Waals surface area contributed by atoms with E-state index in [1.807, 2.05) is 0 Å². The first-order valence-electron chi connectivity index (χ1n) is 3.01. The molecule has 0 aromatic heterocycles. The first-order valence-corrected chi connectivity index (χ1v) is 7.53. The maximum atomic E-state index is 10.7. The molecule has 0 bridgehead atoms. The van der Waals surface area contributed by atoms with Gasteiger partial charge < -0.3 is 29.6 Å². The summed E-state index contributed by atoms with van der Waals surface area (Å²) in [5.74, 6) is 0. The normalized spacial score (nSPS) is 19.9. The van der Waals surface area contributed by atoms with Crippen LogP contribution in [0.1, 0.15) is 0 Å². The number of hydrogen-bond donors (Lipinski definition) is 6. The van der Waals surface area contributed by atoms with Crippen LogP contribution in [0.5, 0.6) is 0 Å². The van der Waals surface area contributed by atoms with E-state index >= 15 is 0 Å². The molecule has 2 atom stereocenters. The molecule has 0 aromatic rings. The van der Waals surface area contributed by atoms with Crippen LogP contribution < -0.4 is 0 Å². The fourth-order valence-corrected chi connectivity index (χ4v) is 3.32. The second-order valence-corrected chi connectivity index (χ2v) is 6.40. The van der Waals surface area contributed by atoms with Gasteiger partial charge in [0.05, 0.1) is 0 Å². The smallest absolute Gasteiger partial charge is 0.401 e. The summed E-state index contributed by atoms with van der Waals surface area (Å²) in [6.07, 6.45) is 0. The maximum absolute atomic E-state index is 10.7. The molecule has 96 valence electrons. The largest absolute Gasteiger partial charge is 0.642 e. The van der Waals surface area contributed by atoms with Crippen molar-refractivity contribution >= 4 is 30.8 Å². The van der Waals surface area contributed by atoms with E-state index < -0.39 is 30.8 Å². The molecule has 0 heterocycles. The minimum atomic E-state index is -5.62. The Kier molecular flexibility index (Phi) is 5.49. The molecule has 6 N–H and O–H groups in total. The average Bonchev–Trinajstić information content (AvgIpc) is 1.69. The van der Waals surface area contributed by atoms with Gasteiger partial charge in [0.2, 0.25) is 0 Å². The lowest BCUT2D eigenvalue weighted by Gasteiger charge is -2.15. The Hall–Kier alpha value is 0.395. The highest BCUT2D eigenvalue weighted by Crippen LogP contribution is 2.66. The van der Waals surface area contributed by atoms with Gasteiger partial charge in [-0.1, -0.05) is 0 Å². The highest BCUT2D eigenvalue weighted by molar-refractivity contribution is 7.66. The molecule has 0 saturated heterocycles. The van der Waals surface area contributed by atoms with Crippen LogP contribution >= 0.6 is 23.5 Å². The van der Waals surface area contributed by atoms with Crippen molar-refractivity contribution in [2.24, 2.45) is 0 Å². The summed E-state index contributed by atoms with van der Waals surface area (Å²) < 4.78 is 41.1. The van der Waals surface area contributed by atoms with E-state index in [1.54, 1.807) is 0 Å². The molecule has 0 aliphatic carbocycles. The quantitative estimate of drug-likeness (QED) is 0.240. The summed E-state index contributed by atoms with van der Waals surface area (Å²) in [5.41, 5.74) is 0. The topological polar surface area (TPSA) is 200 Å². The first kappa shape index (κ1) is 16.4. The van der Waals surface area contributed by atoms with Crippen molar-refractivity contribution in [1.82, 2.24) is 0 Å². The Morgan fingerprint density at radius 2 is 1.25 bits per heavy atom. The Morgan fingerprint density at radius 1 is 0.812 bits per heavy atom. The van der Waals surface area contributed by atoms with Gasteiger partial charge in [0.15, 0.2) is 0 Å². The van der Waals surface area contributed by atoms with E-state index in [2.05, 4.69) is 13.1 Å². The monoisotopic (exact) mass is 302 g/mol. The van der Waals surface area contributed by atoms with E-state index in [9.17, 15) is 13.7 Å². The molecule has 0 amide bonds. The van der Waals surface area contributed by atoms with Gasteiger partial charge in [-0.25, -0.2) is 13.7 Å². The van der Waals surface area contributed by atoms with Gasteiger partial charge in [0, 0.05) is 0 Å². The SMILES string of the molecule is O=P(O)(O)OP(=O)(O)OP(=O)(O)OB(O)O. The predicted molar refractivity (Wildman–Crippen MR) is 45.1 cm³/mol. The minimum absolute atomic E-state index is 2.81. The first-order chi connectivity index (χ1) is 6.83. The molecular weight excluding hydrogens is 296 g/mol. The van der Waals surface area contributed by atoms with Gasteiger partial charge in [-0.05, 0) is 0 Å². The molecule has 12 nitrogen and oxygen atoms in total. The summed E-state index contributed by atoms with van der Waals surface area (Å²) in [5, 5.41) is 16.1. The summed E-state index contributed by atoms with van der Waals surface area (Å²) in [7, 11) is -19.3. The summed E-state index contributed by atoms with van der Waals surface area (Å²) in [6, 6.07) is 0. The van der Waals surface area contributed by atoms with Crippen LogP contribution in [0.4, 0.5) is 0 Å². The molecule has 16 heteroatoms. The molecule has 0 aliphatic heterocycles. The van der Waals surface area contributed by atoms with Crippen LogP contribution in [-0.2, 0) is 26.8 Å². The molecule has 0 rings (SSSR count). The highest BCUT2D eigenvalue weighted by Gasteiger charge is 2.42. The van der Waals surface area contributed by atoms with Crippen molar-refractivity contribution in [3.05, 3.63) is 0 Å². The fraction of sp³-hybridized carbons (Fsp3) is 0. The van der Waals surface area contributed by atoms with Crippen LogP contribution in [0, 0.1) is 0 Å². The molecule has 0 saturated carbocycles. The summed E-state index contributed by atoms with van der Waals surface area (Å²) in [4.78, 5) is 33.3. The molecule has 0 fully saturated rings. The van der Waals surface area contributed by atoms with Crippen LogP contribution in [0.15, 0.2) is 0 Å². The minimum Gasteiger partial charge on any atom is -0.401 e. The Balaban J connectivity index is 4.65. The molecule has 0 spiro atoms. The summed E-state index contributed by atoms with van der Waals surface area (Å²) in [6.45, 7) is 0. The van der Waals surface area contributed by atoms with Gasteiger partial charge in [0.1, 0.15) is 0 Å². The van der Waals surface area contributed by atoms with Gasteiger partial charge in [-0.2, -0.15) is 8.62 Å². The van der Waals surface area contributed by atoms with Crippen LogP contribution in [0.3, 0.4) is 0 Å². The van der Waals surface area contributed by atoms with Crippen molar-refractivity contribution in [3.63, 3.8) is 0 Å². The van der Waals surface area contributed by atoms with Gasteiger partial charge in [-0.3, -0.25) is 4.44 Å². The standard InChI is InChI=1S/BH6O12P3/c2-1(3)11-15(7,8)13-16(9,10)12-14(4,5)6/h2-3H,(H,7,8)(H,9,10)(H2,4,5,6). The van der Waals surface area contributed by atoms with E-state index in [0.29, 0.717) is 0 Å².